The van der Waals surface area contributed by atoms with E-state index in [-0.39, 0.29) is 6.61 Å². The van der Waals surface area contributed by atoms with Crippen LogP contribution in [0.25, 0.3) is 0 Å². The van der Waals surface area contributed by atoms with Gasteiger partial charge in [-0.05, 0) is 13.8 Å². The van der Waals surface area contributed by atoms with Crippen LogP contribution >= 0.6 is 0 Å². The van der Waals surface area contributed by atoms with E-state index >= 15 is 0 Å². The molecule has 0 unspecified atom stereocenters. The molecule has 0 atom stereocenters. The summed E-state index contributed by atoms with van der Waals surface area (Å²) in [7, 11) is 0. The summed E-state index contributed by atoms with van der Waals surface area (Å²) < 4.78 is 4.76. The molecule has 6 heteroatoms. The molecule has 0 saturated heterocycles. The minimum atomic E-state index is -1.08. The summed E-state index contributed by atoms with van der Waals surface area (Å²) in [5, 5.41) is 16.3. The molecule has 0 amide bonds. The Morgan fingerprint density at radius 3 is 2.07 bits per heavy atom. The molecule has 0 aromatic rings. The zero-order valence-electron chi connectivity index (χ0n) is 8.69. The van der Waals surface area contributed by atoms with Crippen molar-refractivity contribution < 1.29 is 19.7 Å². The number of hydrogen-bond acceptors (Lipinski definition) is 5. The Hall–Kier alpha value is -0.690. The first kappa shape index (κ1) is 15.8. The van der Waals surface area contributed by atoms with E-state index in [0.29, 0.717) is 19.8 Å². The van der Waals surface area contributed by atoms with E-state index in [1.54, 1.807) is 0 Å². The Morgan fingerprint density at radius 1 is 1.43 bits per heavy atom. The minimum Gasteiger partial charge on any atom is -0.480 e. The molecule has 0 heterocycles. The molecule has 0 radical (unpaired) electrons. The van der Waals surface area contributed by atoms with Crippen LogP contribution in [-0.4, -0.2) is 48.1 Å². The summed E-state index contributed by atoms with van der Waals surface area (Å²) in [6.07, 6.45) is 0. The quantitative estimate of drug-likeness (QED) is 0.420. The number of aliphatic hydroxyl groups is 1. The van der Waals surface area contributed by atoms with E-state index in [0.717, 1.165) is 0 Å². The molecule has 6 nitrogen and oxygen atoms in total. The van der Waals surface area contributed by atoms with Crippen molar-refractivity contribution in [3.05, 3.63) is 0 Å². The van der Waals surface area contributed by atoms with Crippen molar-refractivity contribution in [1.82, 2.24) is 0 Å². The molecule has 6 N–H and O–H groups in total. The molecule has 14 heavy (non-hydrogen) atoms. The monoisotopic (exact) mass is 208 g/mol. The SMILES string of the molecule is CC(C)(N)C(=O)O.NCCOCCO. The van der Waals surface area contributed by atoms with Crippen LogP contribution < -0.4 is 11.5 Å². The average molecular weight is 208 g/mol. The first-order chi connectivity index (χ1) is 6.36. The van der Waals surface area contributed by atoms with Crippen LogP contribution in [0.1, 0.15) is 13.8 Å². The Bertz CT molecular complexity index is 141. The third-order valence-corrected chi connectivity index (χ3v) is 1.05. The first-order valence-electron chi connectivity index (χ1n) is 4.27. The largest absolute Gasteiger partial charge is 0.480 e. The number of ether oxygens (including phenoxy) is 1. The normalized spacial score (nSPS) is 10.4. The molecule has 0 rings (SSSR count). The Labute approximate surface area is 83.8 Å². The smallest absolute Gasteiger partial charge is 0.323 e. The summed E-state index contributed by atoms with van der Waals surface area (Å²) in [4.78, 5) is 9.90. The molecule has 0 saturated carbocycles. The van der Waals surface area contributed by atoms with E-state index in [4.69, 9.17) is 26.4 Å². The number of rotatable bonds is 5. The number of aliphatic carboxylic acids is 1. The van der Waals surface area contributed by atoms with E-state index in [1.165, 1.54) is 13.8 Å². The van der Waals surface area contributed by atoms with Gasteiger partial charge in [-0.15, -0.1) is 0 Å². The molecule has 0 bridgehead atoms. The lowest BCUT2D eigenvalue weighted by atomic mass is 10.1. The van der Waals surface area contributed by atoms with E-state index < -0.39 is 11.5 Å². The standard InChI is InChI=1S/C4H9NO2.C4H11NO2/c1-4(2,5)3(6)7;5-1-3-7-4-2-6/h5H2,1-2H3,(H,6,7);6H,1-5H2. The Balaban J connectivity index is 0. The summed E-state index contributed by atoms with van der Waals surface area (Å²) >= 11 is 0. The zero-order valence-corrected chi connectivity index (χ0v) is 8.69. The first-order valence-corrected chi connectivity index (χ1v) is 4.27. The van der Waals surface area contributed by atoms with Gasteiger partial charge in [-0.2, -0.15) is 0 Å². The van der Waals surface area contributed by atoms with Gasteiger partial charge in [0.2, 0.25) is 0 Å². The number of hydrogen-bond donors (Lipinski definition) is 4. The molecule has 0 aliphatic rings. The lowest BCUT2D eigenvalue weighted by molar-refractivity contribution is -0.141. The fraction of sp³-hybridized carbons (Fsp3) is 0.875. The van der Waals surface area contributed by atoms with Crippen LogP contribution in [0.3, 0.4) is 0 Å². The topological polar surface area (TPSA) is 119 Å². The molecule has 0 aromatic heterocycles. The summed E-state index contributed by atoms with van der Waals surface area (Å²) in [5.74, 6) is -0.979. The predicted octanol–water partition coefficient (Wildman–Crippen LogP) is -1.24. The van der Waals surface area contributed by atoms with Gasteiger partial charge in [0.25, 0.3) is 0 Å². The van der Waals surface area contributed by atoms with Gasteiger partial charge in [0.1, 0.15) is 5.54 Å². The lowest BCUT2D eigenvalue weighted by Crippen LogP contribution is -2.41. The van der Waals surface area contributed by atoms with Crippen molar-refractivity contribution in [1.29, 1.82) is 0 Å². The highest BCUT2D eigenvalue weighted by Crippen LogP contribution is 1.93. The second-order valence-electron chi connectivity index (χ2n) is 3.15. The summed E-state index contributed by atoms with van der Waals surface area (Å²) in [6, 6.07) is 0. The van der Waals surface area contributed by atoms with E-state index in [9.17, 15) is 4.79 Å². The zero-order chi connectivity index (χ0) is 11.6. The van der Waals surface area contributed by atoms with Crippen molar-refractivity contribution in [2.45, 2.75) is 19.4 Å². The van der Waals surface area contributed by atoms with Crippen molar-refractivity contribution in [3.8, 4) is 0 Å². The van der Waals surface area contributed by atoms with Gasteiger partial charge in [0, 0.05) is 6.54 Å². The van der Waals surface area contributed by atoms with E-state index in [2.05, 4.69) is 0 Å². The number of nitrogens with two attached hydrogens (primary N) is 2. The van der Waals surface area contributed by atoms with Gasteiger partial charge < -0.3 is 26.4 Å². The number of carbonyl (C=O) groups is 1. The Kier molecular flexibility index (Phi) is 10.0. The Morgan fingerprint density at radius 2 is 1.86 bits per heavy atom. The maximum absolute atomic E-state index is 9.90. The van der Waals surface area contributed by atoms with Crippen LogP contribution in [0.15, 0.2) is 0 Å². The second-order valence-corrected chi connectivity index (χ2v) is 3.15. The predicted molar refractivity (Wildman–Crippen MR) is 52.9 cm³/mol. The summed E-state index contributed by atoms with van der Waals surface area (Å²) in [5.41, 5.74) is 9.06. The lowest BCUT2D eigenvalue weighted by Gasteiger charge is -2.09. The fourth-order valence-corrected chi connectivity index (χ4v) is 0.250. The molecule has 0 aromatic carbocycles. The molecule has 0 aliphatic carbocycles. The highest BCUT2D eigenvalue weighted by Gasteiger charge is 2.19. The highest BCUT2D eigenvalue weighted by atomic mass is 16.5. The van der Waals surface area contributed by atoms with Crippen LogP contribution in [0.5, 0.6) is 0 Å². The van der Waals surface area contributed by atoms with Gasteiger partial charge >= 0.3 is 5.97 Å². The third kappa shape index (κ3) is 13.9. The van der Waals surface area contributed by atoms with Crippen molar-refractivity contribution in [2.75, 3.05) is 26.4 Å². The van der Waals surface area contributed by atoms with Crippen molar-refractivity contribution in [2.24, 2.45) is 11.5 Å². The third-order valence-electron chi connectivity index (χ3n) is 1.05. The maximum atomic E-state index is 9.90. The van der Waals surface area contributed by atoms with Crippen LogP contribution in [-0.2, 0) is 9.53 Å². The average Bonchev–Trinajstić information content (AvgIpc) is 2.05. The molecule has 86 valence electrons. The minimum absolute atomic E-state index is 0.0833. The van der Waals surface area contributed by atoms with Gasteiger partial charge in [0.15, 0.2) is 0 Å². The van der Waals surface area contributed by atoms with Crippen LogP contribution in [0, 0.1) is 0 Å². The second kappa shape index (κ2) is 8.89. The van der Waals surface area contributed by atoms with E-state index in [1.807, 2.05) is 0 Å². The molecule has 0 aliphatic heterocycles. The fourth-order valence-electron chi connectivity index (χ4n) is 0.250. The number of carboxylic acid groups (broad SMARTS) is 1. The van der Waals surface area contributed by atoms with Crippen molar-refractivity contribution >= 4 is 5.97 Å². The highest BCUT2D eigenvalue weighted by molar-refractivity contribution is 5.77. The molecule has 0 fully saturated rings. The van der Waals surface area contributed by atoms with Gasteiger partial charge in [-0.1, -0.05) is 0 Å². The summed E-state index contributed by atoms with van der Waals surface area (Å²) in [6.45, 7) is 4.43. The van der Waals surface area contributed by atoms with Gasteiger partial charge in [-0.3, -0.25) is 4.79 Å². The maximum Gasteiger partial charge on any atom is 0.323 e. The molecular weight excluding hydrogens is 188 g/mol. The van der Waals surface area contributed by atoms with Crippen molar-refractivity contribution in [3.63, 3.8) is 0 Å². The van der Waals surface area contributed by atoms with Gasteiger partial charge in [0.05, 0.1) is 19.8 Å². The molecular formula is C8H20N2O4. The number of carboxylic acids is 1. The van der Waals surface area contributed by atoms with Crippen LogP contribution in [0.4, 0.5) is 0 Å². The van der Waals surface area contributed by atoms with Gasteiger partial charge in [-0.25, -0.2) is 0 Å². The molecule has 0 spiro atoms. The number of aliphatic hydroxyl groups excluding tert-OH is 1. The van der Waals surface area contributed by atoms with Crippen LogP contribution in [0.2, 0.25) is 0 Å².